The Labute approximate surface area is 171 Å². The number of nitrogens with zero attached hydrogens (tertiary/aromatic N) is 4. The molecule has 1 aliphatic heterocycles. The molecule has 0 bridgehead atoms. The normalized spacial score (nSPS) is 14.0. The van der Waals surface area contributed by atoms with Crippen LogP contribution in [0.2, 0.25) is 0 Å². The number of piperidine rings is 1. The second-order valence-electron chi connectivity index (χ2n) is 6.96. The molecule has 3 heterocycles. The van der Waals surface area contributed by atoms with Gasteiger partial charge in [0.25, 0.3) is 11.6 Å². The number of carbonyl (C=O) groups excluding carboxylic acids is 1. The highest BCUT2D eigenvalue weighted by atomic mass is 32.1. The van der Waals surface area contributed by atoms with Crippen molar-refractivity contribution >= 4 is 33.8 Å². The van der Waals surface area contributed by atoms with Crippen LogP contribution in [0.25, 0.3) is 0 Å². The van der Waals surface area contributed by atoms with Gasteiger partial charge in [-0.2, -0.15) is 0 Å². The van der Waals surface area contributed by atoms with Crippen LogP contribution in [0.1, 0.15) is 35.4 Å². The molecule has 29 heavy (non-hydrogen) atoms. The zero-order valence-corrected chi connectivity index (χ0v) is 16.6. The Hall–Kier alpha value is -3.20. The number of benzene rings is 1. The molecule has 9 heteroatoms. The number of hydrogen-bond acceptors (Lipinski definition) is 6. The summed E-state index contributed by atoms with van der Waals surface area (Å²) < 4.78 is 1.59. The van der Waals surface area contributed by atoms with Crippen LogP contribution in [0.3, 0.4) is 0 Å². The first-order chi connectivity index (χ1) is 14.1. The third kappa shape index (κ3) is 4.45. The van der Waals surface area contributed by atoms with Crippen LogP contribution >= 0.6 is 11.3 Å². The third-order valence-corrected chi connectivity index (χ3v) is 5.81. The second-order valence-corrected chi connectivity index (χ2v) is 7.79. The molecule has 8 nitrogen and oxygen atoms in total. The molecule has 1 N–H and O–H groups in total. The van der Waals surface area contributed by atoms with Crippen molar-refractivity contribution in [3.8, 4) is 0 Å². The van der Waals surface area contributed by atoms with Gasteiger partial charge in [-0.05, 0) is 31.4 Å². The lowest BCUT2D eigenvalue weighted by molar-refractivity contribution is -0.384. The number of rotatable bonds is 6. The molecule has 0 aliphatic carbocycles. The zero-order chi connectivity index (χ0) is 20.2. The predicted octanol–water partition coefficient (Wildman–Crippen LogP) is 4.14. The Morgan fingerprint density at radius 1 is 1.21 bits per heavy atom. The van der Waals surface area contributed by atoms with Crippen molar-refractivity contribution in [2.24, 2.45) is 0 Å². The molecule has 3 aromatic rings. The van der Waals surface area contributed by atoms with E-state index < -0.39 is 10.8 Å². The molecule has 0 atom stereocenters. The summed E-state index contributed by atoms with van der Waals surface area (Å²) in [4.78, 5) is 30.5. The van der Waals surface area contributed by atoms with Gasteiger partial charge in [-0.1, -0.05) is 18.2 Å². The molecule has 1 fully saturated rings. The van der Waals surface area contributed by atoms with Crippen molar-refractivity contribution in [3.05, 3.63) is 69.5 Å². The van der Waals surface area contributed by atoms with Crippen LogP contribution in [0.15, 0.2) is 48.0 Å². The summed E-state index contributed by atoms with van der Waals surface area (Å²) >= 11 is 1.57. The standard InChI is InChI=1S/C20H21N5O3S/c26-19(21-15-7-3-1-4-8-15)18-11-17(25(27)28)13-24(18)12-16-14-29-20(22-16)23-9-5-2-6-10-23/h1,3-4,7-8,11,13-14H,2,5-6,9-10,12H2,(H,21,26). The van der Waals surface area contributed by atoms with Gasteiger partial charge in [-0.3, -0.25) is 14.9 Å². The second kappa shape index (κ2) is 8.44. The van der Waals surface area contributed by atoms with E-state index in [1.165, 1.54) is 31.5 Å². The number of nitrogens with one attached hydrogen (secondary N) is 1. The molecule has 1 saturated heterocycles. The summed E-state index contributed by atoms with van der Waals surface area (Å²) in [5, 5.41) is 17.0. The van der Waals surface area contributed by atoms with Crippen LogP contribution in [-0.4, -0.2) is 33.5 Å². The smallest absolute Gasteiger partial charge is 0.287 e. The number of anilines is 2. The number of aromatic nitrogens is 2. The summed E-state index contributed by atoms with van der Waals surface area (Å²) in [6.45, 7) is 2.31. The topological polar surface area (TPSA) is 93.3 Å². The van der Waals surface area contributed by atoms with Crippen molar-refractivity contribution in [2.75, 3.05) is 23.3 Å². The number of amides is 1. The van der Waals surface area contributed by atoms with Crippen molar-refractivity contribution in [2.45, 2.75) is 25.8 Å². The summed E-state index contributed by atoms with van der Waals surface area (Å²) in [6.07, 6.45) is 4.98. The monoisotopic (exact) mass is 411 g/mol. The van der Waals surface area contributed by atoms with Gasteiger partial charge in [-0.25, -0.2) is 4.98 Å². The van der Waals surface area contributed by atoms with Crippen LogP contribution in [0.4, 0.5) is 16.5 Å². The minimum Gasteiger partial charge on any atom is -0.348 e. The molecular weight excluding hydrogens is 390 g/mol. The maximum Gasteiger partial charge on any atom is 0.287 e. The van der Waals surface area contributed by atoms with Crippen LogP contribution in [0.5, 0.6) is 0 Å². The van der Waals surface area contributed by atoms with E-state index in [1.807, 2.05) is 23.6 Å². The van der Waals surface area contributed by atoms with Crippen molar-refractivity contribution < 1.29 is 9.72 Å². The van der Waals surface area contributed by atoms with E-state index in [0.717, 1.165) is 23.9 Å². The number of thiazole rings is 1. The van der Waals surface area contributed by atoms with Crippen LogP contribution < -0.4 is 10.2 Å². The fourth-order valence-corrected chi connectivity index (χ4v) is 4.28. The fraction of sp³-hybridized carbons (Fsp3) is 0.300. The van der Waals surface area contributed by atoms with E-state index in [1.54, 1.807) is 28.0 Å². The lowest BCUT2D eigenvalue weighted by Gasteiger charge is -2.25. The minimum atomic E-state index is -0.490. The van der Waals surface area contributed by atoms with Gasteiger partial charge in [-0.15, -0.1) is 11.3 Å². The fourth-order valence-electron chi connectivity index (χ4n) is 3.41. The lowest BCUT2D eigenvalue weighted by atomic mass is 10.1. The van der Waals surface area contributed by atoms with Gasteiger partial charge in [0, 0.05) is 30.2 Å². The average molecular weight is 411 g/mol. The molecule has 1 aromatic carbocycles. The lowest BCUT2D eigenvalue weighted by Crippen LogP contribution is -2.29. The first kappa shape index (κ1) is 19.1. The predicted molar refractivity (Wildman–Crippen MR) is 113 cm³/mol. The van der Waals surface area contributed by atoms with Gasteiger partial charge < -0.3 is 14.8 Å². The average Bonchev–Trinajstić information content (AvgIpc) is 3.37. The van der Waals surface area contributed by atoms with Crippen LogP contribution in [0, 0.1) is 10.1 Å². The van der Waals surface area contributed by atoms with E-state index >= 15 is 0 Å². The minimum absolute atomic E-state index is 0.116. The zero-order valence-electron chi connectivity index (χ0n) is 15.8. The van der Waals surface area contributed by atoms with Gasteiger partial charge in [0.1, 0.15) is 5.69 Å². The molecular formula is C20H21N5O3S. The van der Waals surface area contributed by atoms with Crippen molar-refractivity contribution in [1.82, 2.24) is 9.55 Å². The maximum absolute atomic E-state index is 12.7. The van der Waals surface area contributed by atoms with E-state index in [-0.39, 0.29) is 11.4 Å². The largest absolute Gasteiger partial charge is 0.348 e. The van der Waals surface area contributed by atoms with Gasteiger partial charge >= 0.3 is 0 Å². The number of nitro groups is 1. The van der Waals surface area contributed by atoms with Crippen molar-refractivity contribution in [3.63, 3.8) is 0 Å². The Morgan fingerprint density at radius 3 is 2.69 bits per heavy atom. The molecule has 0 radical (unpaired) electrons. The molecule has 150 valence electrons. The molecule has 2 aromatic heterocycles. The van der Waals surface area contributed by atoms with E-state index in [0.29, 0.717) is 12.2 Å². The number of carbonyl (C=O) groups is 1. The van der Waals surface area contributed by atoms with E-state index in [4.69, 9.17) is 0 Å². The van der Waals surface area contributed by atoms with E-state index in [9.17, 15) is 14.9 Å². The van der Waals surface area contributed by atoms with Gasteiger partial charge in [0.2, 0.25) is 0 Å². The summed E-state index contributed by atoms with van der Waals surface area (Å²) in [7, 11) is 0. The molecule has 0 unspecified atom stereocenters. The van der Waals surface area contributed by atoms with Crippen LogP contribution in [-0.2, 0) is 6.54 Å². The molecule has 0 saturated carbocycles. The number of hydrogen-bond donors (Lipinski definition) is 1. The molecule has 0 spiro atoms. The Morgan fingerprint density at radius 2 is 1.97 bits per heavy atom. The highest BCUT2D eigenvalue weighted by Crippen LogP contribution is 2.26. The summed E-state index contributed by atoms with van der Waals surface area (Å²) in [5.41, 5.74) is 1.53. The molecule has 1 amide bonds. The first-order valence-corrected chi connectivity index (χ1v) is 10.4. The Balaban J connectivity index is 1.55. The highest BCUT2D eigenvalue weighted by molar-refractivity contribution is 7.13. The van der Waals surface area contributed by atoms with Gasteiger partial charge in [0.15, 0.2) is 5.13 Å². The first-order valence-electron chi connectivity index (χ1n) is 9.50. The molecule has 1 aliphatic rings. The Kier molecular flexibility index (Phi) is 5.57. The SMILES string of the molecule is O=C(Nc1ccccc1)c1cc([N+](=O)[O-])cn1Cc1csc(N2CCCCC2)n1. The van der Waals surface area contributed by atoms with E-state index in [2.05, 4.69) is 15.2 Å². The molecule has 4 rings (SSSR count). The number of para-hydroxylation sites is 1. The van der Waals surface area contributed by atoms with Crippen molar-refractivity contribution in [1.29, 1.82) is 0 Å². The van der Waals surface area contributed by atoms with Gasteiger partial charge in [0.05, 0.1) is 23.4 Å². The maximum atomic E-state index is 12.7. The third-order valence-electron chi connectivity index (χ3n) is 4.86. The summed E-state index contributed by atoms with van der Waals surface area (Å²) in [5.74, 6) is -0.393. The Bertz CT molecular complexity index is 1010. The summed E-state index contributed by atoms with van der Waals surface area (Å²) in [6, 6.07) is 10.3. The highest BCUT2D eigenvalue weighted by Gasteiger charge is 2.21. The quantitative estimate of drug-likeness (QED) is 0.486.